The van der Waals surface area contributed by atoms with Crippen molar-refractivity contribution in [3.8, 4) is 0 Å². The molecule has 0 saturated carbocycles. The number of Topliss-reactive ketones (excluding diaryl/α,β-unsaturated/α-hetero) is 1. The second-order valence-electron chi connectivity index (χ2n) is 1.52. The highest BCUT2D eigenvalue weighted by atomic mass is 16.1. The number of carbonyl (C=O) groups is 1. The third-order valence-electron chi connectivity index (χ3n) is 0.900. The molecule has 1 nitrogen and oxygen atoms in total. The van der Waals surface area contributed by atoms with E-state index < -0.39 is 0 Å². The third kappa shape index (κ3) is 0.757. The first-order chi connectivity index (χ1) is 3.80. The van der Waals surface area contributed by atoms with E-state index in [0.717, 1.165) is 0 Å². The molecular formula is C7H5O. The molecule has 0 bridgehead atoms. The first kappa shape index (κ1) is 5.04. The fourth-order valence-electron chi connectivity index (χ4n) is 0.456. The maximum absolute atomic E-state index is 10.5. The lowest BCUT2D eigenvalue weighted by atomic mass is 10.1. The highest BCUT2D eigenvalue weighted by molar-refractivity contribution is 6.03. The standard InChI is InChI=1S/C7H5O/c1-6-4-2-3-5-7(6)8/h2-4H,1H2. The first-order valence-corrected chi connectivity index (χ1v) is 2.30. The Morgan fingerprint density at radius 2 is 2.38 bits per heavy atom. The monoisotopic (exact) mass is 105 g/mol. The van der Waals surface area contributed by atoms with Crippen molar-refractivity contribution in [1.29, 1.82) is 0 Å². The predicted molar refractivity (Wildman–Crippen MR) is 31.1 cm³/mol. The summed E-state index contributed by atoms with van der Waals surface area (Å²) in [7, 11) is 0. The lowest BCUT2D eigenvalue weighted by Crippen LogP contribution is -1.96. The summed E-state index contributed by atoms with van der Waals surface area (Å²) < 4.78 is 0. The van der Waals surface area contributed by atoms with Crippen molar-refractivity contribution in [1.82, 2.24) is 0 Å². The van der Waals surface area contributed by atoms with Crippen LogP contribution < -0.4 is 0 Å². The van der Waals surface area contributed by atoms with Crippen LogP contribution >= 0.6 is 0 Å². The molecule has 0 unspecified atom stereocenters. The SMILES string of the molecule is C=C1C=CC=[C]C1=O. The molecule has 1 rings (SSSR count). The van der Waals surface area contributed by atoms with Crippen molar-refractivity contribution in [2.75, 3.05) is 0 Å². The van der Waals surface area contributed by atoms with Gasteiger partial charge in [-0.2, -0.15) is 0 Å². The summed E-state index contributed by atoms with van der Waals surface area (Å²) in [5.41, 5.74) is 0.507. The molecule has 0 aromatic rings. The molecule has 1 aliphatic rings. The van der Waals surface area contributed by atoms with Gasteiger partial charge >= 0.3 is 0 Å². The van der Waals surface area contributed by atoms with Gasteiger partial charge in [0.05, 0.1) is 0 Å². The minimum absolute atomic E-state index is 0.118. The molecule has 1 heteroatoms. The first-order valence-electron chi connectivity index (χ1n) is 2.30. The van der Waals surface area contributed by atoms with Gasteiger partial charge in [0.1, 0.15) is 0 Å². The van der Waals surface area contributed by atoms with E-state index in [1.165, 1.54) is 0 Å². The Labute approximate surface area is 48.0 Å². The molecule has 0 atom stereocenters. The second kappa shape index (κ2) is 1.78. The van der Waals surface area contributed by atoms with Crippen molar-refractivity contribution in [2.45, 2.75) is 0 Å². The van der Waals surface area contributed by atoms with Crippen molar-refractivity contribution >= 4 is 5.78 Å². The molecule has 0 spiro atoms. The van der Waals surface area contributed by atoms with Crippen LogP contribution in [-0.4, -0.2) is 5.78 Å². The predicted octanol–water partition coefficient (Wildman–Crippen LogP) is 1.04. The van der Waals surface area contributed by atoms with Crippen LogP contribution in [0.2, 0.25) is 0 Å². The summed E-state index contributed by atoms with van der Waals surface area (Å²) in [6, 6.07) is 0. The quantitative estimate of drug-likeness (QED) is 0.421. The Hall–Kier alpha value is -1.11. The maximum atomic E-state index is 10.5. The van der Waals surface area contributed by atoms with Crippen LogP contribution in [0.15, 0.2) is 30.4 Å². The highest BCUT2D eigenvalue weighted by Crippen LogP contribution is 2.00. The molecule has 8 heavy (non-hydrogen) atoms. The van der Waals surface area contributed by atoms with E-state index in [0.29, 0.717) is 5.57 Å². The molecule has 0 amide bonds. The number of hydrogen-bond acceptors (Lipinski definition) is 1. The fraction of sp³-hybridized carbons (Fsp3) is 0. The van der Waals surface area contributed by atoms with Crippen LogP contribution in [0.3, 0.4) is 0 Å². The van der Waals surface area contributed by atoms with Crippen LogP contribution in [0, 0.1) is 6.08 Å². The van der Waals surface area contributed by atoms with E-state index in [1.807, 2.05) is 0 Å². The van der Waals surface area contributed by atoms with E-state index in [9.17, 15) is 4.79 Å². The largest absolute Gasteiger partial charge is 0.289 e. The van der Waals surface area contributed by atoms with E-state index in [1.54, 1.807) is 18.2 Å². The Balaban J connectivity index is 2.89. The molecule has 0 heterocycles. The van der Waals surface area contributed by atoms with E-state index >= 15 is 0 Å². The lowest BCUT2D eigenvalue weighted by Gasteiger charge is -1.93. The summed E-state index contributed by atoms with van der Waals surface area (Å²) >= 11 is 0. The van der Waals surface area contributed by atoms with Crippen LogP contribution in [0.4, 0.5) is 0 Å². The number of hydrogen-bond donors (Lipinski definition) is 0. The fourth-order valence-corrected chi connectivity index (χ4v) is 0.456. The molecule has 0 fully saturated rings. The Morgan fingerprint density at radius 1 is 1.62 bits per heavy atom. The summed E-state index contributed by atoms with van der Waals surface area (Å²) in [5.74, 6) is -0.118. The summed E-state index contributed by atoms with van der Waals surface area (Å²) in [5, 5.41) is 0. The molecule has 0 aliphatic heterocycles. The van der Waals surface area contributed by atoms with Gasteiger partial charge in [0.25, 0.3) is 0 Å². The van der Waals surface area contributed by atoms with Crippen molar-refractivity contribution in [3.63, 3.8) is 0 Å². The molecular weight excluding hydrogens is 100 g/mol. The molecule has 0 saturated heterocycles. The van der Waals surface area contributed by atoms with Gasteiger partial charge in [0.2, 0.25) is 0 Å². The maximum Gasteiger partial charge on any atom is 0.193 e. The minimum atomic E-state index is -0.118. The van der Waals surface area contributed by atoms with Crippen molar-refractivity contribution in [2.24, 2.45) is 0 Å². The molecule has 0 N–H and O–H groups in total. The zero-order valence-corrected chi connectivity index (χ0v) is 4.35. The Kier molecular flexibility index (Phi) is 1.12. The molecule has 0 aromatic heterocycles. The summed E-state index contributed by atoms with van der Waals surface area (Å²) in [4.78, 5) is 10.5. The van der Waals surface area contributed by atoms with Crippen molar-refractivity contribution in [3.05, 3.63) is 36.5 Å². The highest BCUT2D eigenvalue weighted by Gasteiger charge is 2.00. The Morgan fingerprint density at radius 3 is 2.75 bits per heavy atom. The average molecular weight is 105 g/mol. The molecule has 0 aromatic carbocycles. The number of rotatable bonds is 0. The Bertz CT molecular complexity index is 163. The van der Waals surface area contributed by atoms with Crippen LogP contribution in [0.1, 0.15) is 0 Å². The average Bonchev–Trinajstić information content (AvgIpc) is 1.77. The van der Waals surface area contributed by atoms with Crippen LogP contribution in [0.25, 0.3) is 0 Å². The van der Waals surface area contributed by atoms with E-state index in [4.69, 9.17) is 0 Å². The number of ketones is 1. The topological polar surface area (TPSA) is 17.1 Å². The summed E-state index contributed by atoms with van der Waals surface area (Å²) in [6.07, 6.45) is 7.47. The van der Waals surface area contributed by atoms with Crippen LogP contribution in [-0.2, 0) is 4.79 Å². The molecule has 1 aliphatic carbocycles. The summed E-state index contributed by atoms with van der Waals surface area (Å²) in [6.45, 7) is 3.48. The van der Waals surface area contributed by atoms with Gasteiger partial charge in [-0.05, 0) is 0 Å². The second-order valence-corrected chi connectivity index (χ2v) is 1.52. The van der Waals surface area contributed by atoms with Gasteiger partial charge in [0.15, 0.2) is 5.78 Å². The van der Waals surface area contributed by atoms with Gasteiger partial charge < -0.3 is 0 Å². The smallest absolute Gasteiger partial charge is 0.193 e. The van der Waals surface area contributed by atoms with Gasteiger partial charge in [-0.3, -0.25) is 4.79 Å². The number of carbonyl (C=O) groups excluding carboxylic acids is 1. The normalized spacial score (nSPS) is 17.5. The van der Waals surface area contributed by atoms with Gasteiger partial charge in [-0.15, -0.1) is 0 Å². The van der Waals surface area contributed by atoms with Gasteiger partial charge in [0, 0.05) is 11.6 Å². The minimum Gasteiger partial charge on any atom is -0.289 e. The van der Waals surface area contributed by atoms with Gasteiger partial charge in [-0.1, -0.05) is 24.8 Å². The number of allylic oxidation sites excluding steroid dienone is 5. The molecule has 1 radical (unpaired) electrons. The zero-order valence-electron chi connectivity index (χ0n) is 4.35. The van der Waals surface area contributed by atoms with Crippen LogP contribution in [0.5, 0.6) is 0 Å². The molecule has 39 valence electrons. The van der Waals surface area contributed by atoms with E-state index in [2.05, 4.69) is 12.7 Å². The lowest BCUT2D eigenvalue weighted by molar-refractivity contribution is -0.111. The zero-order chi connectivity index (χ0) is 5.98. The van der Waals surface area contributed by atoms with Crippen molar-refractivity contribution < 1.29 is 4.79 Å². The third-order valence-corrected chi connectivity index (χ3v) is 0.900. The van der Waals surface area contributed by atoms with E-state index in [-0.39, 0.29) is 5.78 Å². The van der Waals surface area contributed by atoms with Gasteiger partial charge in [-0.25, -0.2) is 0 Å².